The van der Waals surface area contributed by atoms with Crippen molar-refractivity contribution in [3.63, 3.8) is 0 Å². The lowest BCUT2D eigenvalue weighted by Crippen LogP contribution is -2.13. The number of aromatic amines is 1. The number of nitrogens with two attached hydrogens (primary N) is 1. The molecule has 0 atom stereocenters. The summed E-state index contributed by atoms with van der Waals surface area (Å²) in [5.41, 5.74) is 5.85. The molecule has 17 heavy (non-hydrogen) atoms. The third-order valence-electron chi connectivity index (χ3n) is 1.90. The number of hydrogen-bond acceptors (Lipinski definition) is 4. The number of aromatic nitrogens is 3. The van der Waals surface area contributed by atoms with Gasteiger partial charge in [-0.05, 0) is 34.1 Å². The molecule has 0 unspecified atom stereocenters. The van der Waals surface area contributed by atoms with Crippen molar-refractivity contribution < 1.29 is 4.79 Å². The summed E-state index contributed by atoms with van der Waals surface area (Å²) < 4.78 is 0.751. The van der Waals surface area contributed by atoms with Crippen LogP contribution in [0.1, 0.15) is 10.6 Å². The number of amides is 1. The van der Waals surface area contributed by atoms with Crippen LogP contribution in [0.25, 0.3) is 0 Å². The molecule has 6 nitrogen and oxygen atoms in total. The molecule has 0 saturated carbocycles. The van der Waals surface area contributed by atoms with E-state index in [1.165, 1.54) is 0 Å². The minimum atomic E-state index is -0.437. The molecule has 1 amide bonds. The molecule has 2 rings (SSSR count). The van der Waals surface area contributed by atoms with Crippen LogP contribution in [0.5, 0.6) is 0 Å². The van der Waals surface area contributed by atoms with Crippen LogP contribution in [0.15, 0.2) is 22.7 Å². The zero-order chi connectivity index (χ0) is 12.4. The maximum atomic E-state index is 11.7. The van der Waals surface area contributed by atoms with Crippen molar-refractivity contribution in [2.75, 3.05) is 11.1 Å². The van der Waals surface area contributed by atoms with Crippen LogP contribution in [0.3, 0.4) is 0 Å². The molecule has 2 aromatic rings. The second kappa shape index (κ2) is 4.72. The number of carbonyl (C=O) groups excluding carboxylic acids is 1. The Hall–Kier alpha value is -1.60. The minimum Gasteiger partial charge on any atom is -0.366 e. The molecule has 0 bridgehead atoms. The fourth-order valence-electron chi connectivity index (χ4n) is 1.14. The summed E-state index contributed by atoms with van der Waals surface area (Å²) in [5.74, 6) is -0.377. The van der Waals surface area contributed by atoms with E-state index in [1.54, 1.807) is 18.2 Å². The SMILES string of the molecule is Nc1n[nH]c(C(=O)Nc2ccc(Br)c(Cl)c2)n1. The van der Waals surface area contributed by atoms with Gasteiger partial charge in [0, 0.05) is 10.2 Å². The Bertz CT molecular complexity index is 570. The van der Waals surface area contributed by atoms with E-state index in [2.05, 4.69) is 36.4 Å². The molecular formula is C9H7BrClN5O. The Morgan fingerprint density at radius 1 is 1.53 bits per heavy atom. The maximum absolute atomic E-state index is 11.7. The number of carbonyl (C=O) groups is 1. The maximum Gasteiger partial charge on any atom is 0.293 e. The first kappa shape index (κ1) is 11.9. The predicted octanol–water partition coefficient (Wildman–Crippen LogP) is 2.06. The molecule has 8 heteroatoms. The van der Waals surface area contributed by atoms with Gasteiger partial charge in [0.25, 0.3) is 5.91 Å². The molecule has 1 aromatic carbocycles. The molecule has 0 radical (unpaired) electrons. The fourth-order valence-corrected chi connectivity index (χ4v) is 1.57. The molecule has 1 aromatic heterocycles. The number of H-pyrrole nitrogens is 1. The predicted molar refractivity (Wildman–Crippen MR) is 67.9 cm³/mol. The van der Waals surface area contributed by atoms with Crippen molar-refractivity contribution in [2.24, 2.45) is 0 Å². The number of nitrogens with one attached hydrogen (secondary N) is 2. The first-order valence-corrected chi connectivity index (χ1v) is 5.67. The zero-order valence-corrected chi connectivity index (χ0v) is 10.7. The van der Waals surface area contributed by atoms with E-state index in [0.29, 0.717) is 10.7 Å². The van der Waals surface area contributed by atoms with Crippen molar-refractivity contribution in [1.82, 2.24) is 15.2 Å². The number of nitrogen functional groups attached to an aromatic ring is 1. The van der Waals surface area contributed by atoms with Crippen molar-refractivity contribution in [3.05, 3.63) is 33.5 Å². The summed E-state index contributed by atoms with van der Waals surface area (Å²) in [7, 11) is 0. The molecule has 0 aliphatic carbocycles. The molecule has 0 aliphatic rings. The second-order valence-electron chi connectivity index (χ2n) is 3.13. The van der Waals surface area contributed by atoms with Crippen LogP contribution in [-0.2, 0) is 0 Å². The quantitative estimate of drug-likeness (QED) is 0.790. The van der Waals surface area contributed by atoms with Gasteiger partial charge in [-0.15, -0.1) is 5.10 Å². The van der Waals surface area contributed by atoms with Gasteiger partial charge in [0.05, 0.1) is 5.02 Å². The van der Waals surface area contributed by atoms with Gasteiger partial charge in [0.15, 0.2) is 0 Å². The average Bonchev–Trinajstić information content (AvgIpc) is 2.70. The van der Waals surface area contributed by atoms with Crippen molar-refractivity contribution in [3.8, 4) is 0 Å². The van der Waals surface area contributed by atoms with Gasteiger partial charge in [-0.3, -0.25) is 9.89 Å². The third-order valence-corrected chi connectivity index (χ3v) is 3.13. The number of anilines is 2. The highest BCUT2D eigenvalue weighted by Crippen LogP contribution is 2.25. The lowest BCUT2D eigenvalue weighted by atomic mass is 10.3. The Labute approximate surface area is 110 Å². The monoisotopic (exact) mass is 315 g/mol. The van der Waals surface area contributed by atoms with E-state index < -0.39 is 5.91 Å². The third kappa shape index (κ3) is 2.75. The average molecular weight is 317 g/mol. The largest absolute Gasteiger partial charge is 0.366 e. The van der Waals surface area contributed by atoms with Crippen molar-refractivity contribution >= 4 is 45.1 Å². The van der Waals surface area contributed by atoms with Gasteiger partial charge >= 0.3 is 0 Å². The van der Waals surface area contributed by atoms with E-state index in [9.17, 15) is 4.79 Å². The van der Waals surface area contributed by atoms with Gasteiger partial charge in [-0.25, -0.2) is 0 Å². The highest BCUT2D eigenvalue weighted by Gasteiger charge is 2.11. The summed E-state index contributed by atoms with van der Waals surface area (Å²) in [6, 6.07) is 5.05. The van der Waals surface area contributed by atoms with Crippen LogP contribution >= 0.6 is 27.5 Å². The number of rotatable bonds is 2. The molecule has 0 fully saturated rings. The topological polar surface area (TPSA) is 96.7 Å². The number of halogens is 2. The molecule has 0 aliphatic heterocycles. The van der Waals surface area contributed by atoms with Crippen LogP contribution in [-0.4, -0.2) is 21.1 Å². The fraction of sp³-hybridized carbons (Fsp3) is 0. The Kier molecular flexibility index (Phi) is 3.30. The van der Waals surface area contributed by atoms with Gasteiger partial charge in [0.2, 0.25) is 11.8 Å². The van der Waals surface area contributed by atoms with Gasteiger partial charge in [0.1, 0.15) is 0 Å². The van der Waals surface area contributed by atoms with Gasteiger partial charge < -0.3 is 11.1 Å². The first-order chi connectivity index (χ1) is 8.06. The summed E-state index contributed by atoms with van der Waals surface area (Å²) in [4.78, 5) is 15.4. The standard InChI is InChI=1S/C9H7BrClN5O/c10-5-2-1-4(3-6(5)11)13-8(17)7-14-9(12)16-15-7/h1-3H,(H,13,17)(H3,12,14,15,16). The van der Waals surface area contributed by atoms with E-state index >= 15 is 0 Å². The van der Waals surface area contributed by atoms with Gasteiger partial charge in [-0.1, -0.05) is 11.6 Å². The summed E-state index contributed by atoms with van der Waals surface area (Å²) in [5, 5.41) is 9.08. The van der Waals surface area contributed by atoms with Crippen LogP contribution in [0.4, 0.5) is 11.6 Å². The number of hydrogen-bond donors (Lipinski definition) is 3. The molecular weight excluding hydrogens is 309 g/mol. The minimum absolute atomic E-state index is 0.0176. The molecule has 88 valence electrons. The van der Waals surface area contributed by atoms with E-state index in [-0.39, 0.29) is 11.8 Å². The summed E-state index contributed by atoms with van der Waals surface area (Å²) >= 11 is 9.15. The van der Waals surface area contributed by atoms with E-state index in [0.717, 1.165) is 4.47 Å². The molecule has 1 heterocycles. The molecule has 0 spiro atoms. The molecule has 0 saturated heterocycles. The summed E-state index contributed by atoms with van der Waals surface area (Å²) in [6.07, 6.45) is 0. The highest BCUT2D eigenvalue weighted by atomic mass is 79.9. The zero-order valence-electron chi connectivity index (χ0n) is 8.37. The van der Waals surface area contributed by atoms with Crippen molar-refractivity contribution in [1.29, 1.82) is 0 Å². The van der Waals surface area contributed by atoms with Crippen molar-refractivity contribution in [2.45, 2.75) is 0 Å². The van der Waals surface area contributed by atoms with E-state index in [1.807, 2.05) is 0 Å². The van der Waals surface area contributed by atoms with Crippen LogP contribution < -0.4 is 11.1 Å². The second-order valence-corrected chi connectivity index (χ2v) is 4.39. The normalized spacial score (nSPS) is 10.2. The van der Waals surface area contributed by atoms with Crippen LogP contribution in [0.2, 0.25) is 5.02 Å². The van der Waals surface area contributed by atoms with Gasteiger partial charge in [-0.2, -0.15) is 4.98 Å². The summed E-state index contributed by atoms with van der Waals surface area (Å²) in [6.45, 7) is 0. The Morgan fingerprint density at radius 2 is 2.29 bits per heavy atom. The lowest BCUT2D eigenvalue weighted by Gasteiger charge is -2.04. The lowest BCUT2D eigenvalue weighted by molar-refractivity contribution is 0.101. The van der Waals surface area contributed by atoms with E-state index in [4.69, 9.17) is 17.3 Å². The smallest absolute Gasteiger partial charge is 0.293 e. The number of benzene rings is 1. The molecule has 4 N–H and O–H groups in total. The first-order valence-electron chi connectivity index (χ1n) is 4.50. The van der Waals surface area contributed by atoms with Crippen LogP contribution in [0, 0.1) is 0 Å². The highest BCUT2D eigenvalue weighted by molar-refractivity contribution is 9.10. The Morgan fingerprint density at radius 3 is 2.88 bits per heavy atom. The number of nitrogens with zero attached hydrogens (tertiary/aromatic N) is 2. The Balaban J connectivity index is 2.15.